The summed E-state index contributed by atoms with van der Waals surface area (Å²) in [7, 11) is 0. The van der Waals surface area contributed by atoms with Gasteiger partial charge in [-0.05, 0) is 59.5 Å². The molecule has 5 heteroatoms. The molecule has 1 atom stereocenters. The lowest BCUT2D eigenvalue weighted by Gasteiger charge is -2.34. The fraction of sp³-hybridized carbons (Fsp3) is 0.857. The number of likely N-dealkylation sites (tertiary alicyclic amines) is 1. The fourth-order valence-electron chi connectivity index (χ4n) is 2.17. The van der Waals surface area contributed by atoms with Crippen LogP contribution in [0.1, 0.15) is 47.5 Å². The Bertz CT molecular complexity index is 328. The Morgan fingerprint density at radius 1 is 1.21 bits per heavy atom. The molecule has 3 amide bonds. The molecule has 1 aliphatic rings. The first-order valence-electron chi connectivity index (χ1n) is 7.06. The van der Waals surface area contributed by atoms with Crippen LogP contribution in [-0.4, -0.2) is 41.5 Å². The van der Waals surface area contributed by atoms with Crippen LogP contribution in [0.25, 0.3) is 0 Å². The number of hydrogen-bond donors (Lipinski definition) is 2. The highest BCUT2D eigenvalue weighted by atomic mass is 16.2. The molecule has 2 N–H and O–H groups in total. The molecule has 1 rings (SSSR count). The number of nitrogens with zero attached hydrogens (tertiary/aromatic N) is 1. The van der Waals surface area contributed by atoms with E-state index in [0.29, 0.717) is 0 Å². The van der Waals surface area contributed by atoms with Gasteiger partial charge in [-0.15, -0.1) is 0 Å². The van der Waals surface area contributed by atoms with Gasteiger partial charge in [-0.3, -0.25) is 15.0 Å². The third kappa shape index (κ3) is 5.59. The summed E-state index contributed by atoms with van der Waals surface area (Å²) in [4.78, 5) is 25.8. The van der Waals surface area contributed by atoms with E-state index in [1.54, 1.807) is 0 Å². The molecule has 0 aliphatic carbocycles. The SMILES string of the molecule is CC1CCN(C(C)C(=O)NC(=O)NC(C)(C)C)CC1. The van der Waals surface area contributed by atoms with Crippen LogP contribution in [0.15, 0.2) is 0 Å². The molecular weight excluding hydrogens is 242 g/mol. The molecule has 5 nitrogen and oxygen atoms in total. The summed E-state index contributed by atoms with van der Waals surface area (Å²) in [5.41, 5.74) is -0.339. The van der Waals surface area contributed by atoms with E-state index in [4.69, 9.17) is 0 Å². The number of urea groups is 1. The van der Waals surface area contributed by atoms with Gasteiger partial charge in [0.15, 0.2) is 0 Å². The van der Waals surface area contributed by atoms with Crippen LogP contribution in [0.3, 0.4) is 0 Å². The number of carbonyl (C=O) groups excluding carboxylic acids is 2. The Labute approximate surface area is 116 Å². The lowest BCUT2D eigenvalue weighted by Crippen LogP contribution is -2.54. The number of hydrogen-bond acceptors (Lipinski definition) is 3. The van der Waals surface area contributed by atoms with Gasteiger partial charge in [-0.1, -0.05) is 6.92 Å². The molecule has 0 radical (unpaired) electrons. The molecule has 1 unspecified atom stereocenters. The normalized spacial score (nSPS) is 19.8. The second kappa shape index (κ2) is 6.37. The van der Waals surface area contributed by atoms with Crippen LogP contribution in [0.2, 0.25) is 0 Å². The average Bonchev–Trinajstić information content (AvgIpc) is 2.26. The quantitative estimate of drug-likeness (QED) is 0.802. The zero-order valence-corrected chi connectivity index (χ0v) is 12.7. The van der Waals surface area contributed by atoms with Crippen molar-refractivity contribution in [3.8, 4) is 0 Å². The zero-order valence-electron chi connectivity index (χ0n) is 12.7. The van der Waals surface area contributed by atoms with Gasteiger partial charge < -0.3 is 5.32 Å². The molecule has 110 valence electrons. The maximum Gasteiger partial charge on any atom is 0.321 e. The van der Waals surface area contributed by atoms with Crippen LogP contribution >= 0.6 is 0 Å². The van der Waals surface area contributed by atoms with Crippen molar-refractivity contribution in [2.45, 2.75) is 59.0 Å². The number of nitrogens with one attached hydrogen (secondary N) is 2. The first-order valence-corrected chi connectivity index (χ1v) is 7.06. The molecule has 1 aliphatic heterocycles. The summed E-state index contributed by atoms with van der Waals surface area (Å²) >= 11 is 0. The van der Waals surface area contributed by atoms with E-state index in [1.807, 2.05) is 27.7 Å². The largest absolute Gasteiger partial charge is 0.333 e. The van der Waals surface area contributed by atoms with E-state index in [1.165, 1.54) is 0 Å². The smallest absolute Gasteiger partial charge is 0.321 e. The van der Waals surface area contributed by atoms with E-state index >= 15 is 0 Å². The monoisotopic (exact) mass is 269 g/mol. The molecule has 0 aromatic rings. The molecule has 0 aromatic carbocycles. The van der Waals surface area contributed by atoms with E-state index in [2.05, 4.69) is 22.5 Å². The second-order valence-electron chi connectivity index (χ2n) is 6.59. The average molecular weight is 269 g/mol. The van der Waals surface area contributed by atoms with Gasteiger partial charge in [-0.2, -0.15) is 0 Å². The summed E-state index contributed by atoms with van der Waals surface area (Å²) in [5, 5.41) is 5.14. The van der Waals surface area contributed by atoms with Gasteiger partial charge in [-0.25, -0.2) is 4.79 Å². The van der Waals surface area contributed by atoms with E-state index in [0.717, 1.165) is 31.8 Å². The Morgan fingerprint density at radius 3 is 2.21 bits per heavy atom. The Morgan fingerprint density at radius 2 is 1.74 bits per heavy atom. The first kappa shape index (κ1) is 16.0. The van der Waals surface area contributed by atoms with Gasteiger partial charge in [0.2, 0.25) is 5.91 Å². The molecular formula is C14H27N3O2. The maximum absolute atomic E-state index is 12.0. The van der Waals surface area contributed by atoms with Crippen molar-refractivity contribution in [3.63, 3.8) is 0 Å². The highest BCUT2D eigenvalue weighted by Gasteiger charge is 2.26. The Hall–Kier alpha value is -1.10. The maximum atomic E-state index is 12.0. The van der Waals surface area contributed by atoms with Crippen LogP contribution in [-0.2, 0) is 4.79 Å². The van der Waals surface area contributed by atoms with E-state index in [-0.39, 0.29) is 17.5 Å². The minimum Gasteiger partial charge on any atom is -0.333 e. The molecule has 1 heterocycles. The lowest BCUT2D eigenvalue weighted by molar-refractivity contribution is -0.125. The third-order valence-corrected chi connectivity index (χ3v) is 3.47. The molecule has 1 saturated heterocycles. The molecule has 1 fully saturated rings. The second-order valence-corrected chi connectivity index (χ2v) is 6.59. The molecule has 0 saturated carbocycles. The van der Waals surface area contributed by atoms with E-state index in [9.17, 15) is 9.59 Å². The highest BCUT2D eigenvalue weighted by Crippen LogP contribution is 2.17. The minimum atomic E-state index is -0.422. The van der Waals surface area contributed by atoms with Crippen molar-refractivity contribution in [3.05, 3.63) is 0 Å². The van der Waals surface area contributed by atoms with Gasteiger partial charge in [0, 0.05) is 5.54 Å². The summed E-state index contributed by atoms with van der Waals surface area (Å²) in [6.07, 6.45) is 2.23. The molecule has 0 spiro atoms. The van der Waals surface area contributed by atoms with Crippen LogP contribution in [0, 0.1) is 5.92 Å². The zero-order chi connectivity index (χ0) is 14.6. The number of imide groups is 1. The molecule has 19 heavy (non-hydrogen) atoms. The minimum absolute atomic E-state index is 0.226. The fourth-order valence-corrected chi connectivity index (χ4v) is 2.17. The third-order valence-electron chi connectivity index (χ3n) is 3.47. The van der Waals surface area contributed by atoms with Crippen molar-refractivity contribution in [1.29, 1.82) is 0 Å². The summed E-state index contributed by atoms with van der Waals surface area (Å²) in [6.45, 7) is 11.6. The number of amides is 3. The van der Waals surface area contributed by atoms with Gasteiger partial charge in [0.05, 0.1) is 6.04 Å². The van der Waals surface area contributed by atoms with Crippen molar-refractivity contribution in [1.82, 2.24) is 15.5 Å². The number of rotatable bonds is 2. The van der Waals surface area contributed by atoms with Crippen LogP contribution < -0.4 is 10.6 Å². The first-order chi connectivity index (χ1) is 8.69. The summed E-state index contributed by atoms with van der Waals surface area (Å²) < 4.78 is 0. The van der Waals surface area contributed by atoms with Gasteiger partial charge >= 0.3 is 6.03 Å². The van der Waals surface area contributed by atoms with Crippen molar-refractivity contribution in [2.24, 2.45) is 5.92 Å². The highest BCUT2D eigenvalue weighted by molar-refractivity contribution is 5.97. The van der Waals surface area contributed by atoms with Crippen LogP contribution in [0.5, 0.6) is 0 Å². The lowest BCUT2D eigenvalue weighted by atomic mass is 9.98. The number of piperidine rings is 1. The standard InChI is InChI=1S/C14H27N3O2/c1-10-6-8-17(9-7-10)11(2)12(18)15-13(19)16-14(3,4)5/h10-11H,6-9H2,1-5H3,(H2,15,16,18,19). The van der Waals surface area contributed by atoms with Crippen molar-refractivity contribution >= 4 is 11.9 Å². The topological polar surface area (TPSA) is 61.4 Å². The van der Waals surface area contributed by atoms with E-state index < -0.39 is 6.03 Å². The molecule has 0 aromatic heterocycles. The predicted octanol–water partition coefficient (Wildman–Crippen LogP) is 1.73. The van der Waals surface area contributed by atoms with Crippen LogP contribution in [0.4, 0.5) is 4.79 Å². The molecule has 0 bridgehead atoms. The Balaban J connectivity index is 2.42. The summed E-state index contributed by atoms with van der Waals surface area (Å²) in [6, 6.07) is -0.673. The van der Waals surface area contributed by atoms with Gasteiger partial charge in [0.25, 0.3) is 0 Å². The van der Waals surface area contributed by atoms with Crippen molar-refractivity contribution < 1.29 is 9.59 Å². The summed E-state index contributed by atoms with van der Waals surface area (Å²) in [5.74, 6) is 0.506. The van der Waals surface area contributed by atoms with Gasteiger partial charge in [0.1, 0.15) is 0 Å². The number of carbonyl (C=O) groups is 2. The van der Waals surface area contributed by atoms with Crippen molar-refractivity contribution in [2.75, 3.05) is 13.1 Å². The predicted molar refractivity (Wildman–Crippen MR) is 75.9 cm³/mol. The Kier molecular flexibility index (Phi) is 5.35.